The van der Waals surface area contributed by atoms with Crippen LogP contribution in [0.2, 0.25) is 0 Å². The van der Waals surface area contributed by atoms with Crippen molar-refractivity contribution in [3.05, 3.63) is 35.9 Å². The molecule has 0 fully saturated rings. The number of ether oxygens (including phenoxy) is 1. The molecule has 0 aliphatic rings. The van der Waals surface area contributed by atoms with Crippen LogP contribution in [0.25, 0.3) is 0 Å². The Morgan fingerprint density at radius 2 is 1.93 bits per heavy atom. The molecule has 0 bridgehead atoms. The van der Waals surface area contributed by atoms with Gasteiger partial charge in [-0.15, -0.1) is 10.3 Å². The third-order valence-corrected chi connectivity index (χ3v) is 2.66. The van der Waals surface area contributed by atoms with E-state index in [0.29, 0.717) is 0 Å². The second kappa shape index (κ2) is 5.19. The lowest BCUT2D eigenvalue weighted by atomic mass is 10.2. The maximum Gasteiger partial charge on any atom is 0.316 e. The van der Waals surface area contributed by atoms with Crippen LogP contribution in [-0.4, -0.2) is 28.8 Å². The zero-order valence-electron chi connectivity index (χ0n) is 8.97. The first-order valence-corrected chi connectivity index (χ1v) is 7.18. The summed E-state index contributed by atoms with van der Waals surface area (Å²) in [5, 5.41) is 0. The third kappa shape index (κ3) is 5.44. The Kier molecular flexibility index (Phi) is 4.17. The van der Waals surface area contributed by atoms with Gasteiger partial charge in [-0.2, -0.15) is 0 Å². The average Bonchev–Trinajstić information content (AvgIpc) is 2.14. The Bertz CT molecular complexity index is 316. The van der Waals surface area contributed by atoms with Gasteiger partial charge < -0.3 is 9.29 Å². The van der Waals surface area contributed by atoms with Crippen LogP contribution in [-0.2, 0) is 16.1 Å². The van der Waals surface area contributed by atoms with E-state index in [0.717, 1.165) is 5.56 Å². The van der Waals surface area contributed by atoms with Gasteiger partial charge in [0.25, 0.3) is 0 Å². The van der Waals surface area contributed by atoms with Crippen LogP contribution < -0.4 is 0 Å². The Balaban J connectivity index is 2.35. The molecule has 0 radical (unpaired) electrons. The van der Waals surface area contributed by atoms with Crippen molar-refractivity contribution in [3.8, 4) is 0 Å². The summed E-state index contributed by atoms with van der Waals surface area (Å²) >= 11 is 0. The van der Waals surface area contributed by atoms with Gasteiger partial charge in [0.2, 0.25) is 0 Å². The lowest BCUT2D eigenvalue weighted by Gasteiger charge is -2.21. The molecule has 84 valence electrons. The average molecular weight is 228 g/mol. The fourth-order valence-electron chi connectivity index (χ4n) is 1.07. The van der Waals surface area contributed by atoms with E-state index < -0.39 is 10.3 Å². The lowest BCUT2D eigenvalue weighted by Crippen LogP contribution is -2.14. The number of rotatable bonds is 4. The summed E-state index contributed by atoms with van der Waals surface area (Å²) in [6, 6.07) is 9.48. The Labute approximate surface area is 91.6 Å². The summed E-state index contributed by atoms with van der Waals surface area (Å²) in [5.74, 6) is -0.249. The number of hydrogen-bond donors (Lipinski definition) is 1. The zero-order valence-corrected chi connectivity index (χ0v) is 9.79. The molecular formula is C11H16O3S. The first-order valence-electron chi connectivity index (χ1n) is 4.60. The van der Waals surface area contributed by atoms with E-state index in [1.165, 1.54) is 0 Å². The molecule has 0 heterocycles. The maximum atomic E-state index is 11.3. The molecule has 0 spiro atoms. The SMILES string of the molecule is CS(C)(O)CC(=O)OCc1ccccc1. The smallest absolute Gasteiger partial charge is 0.316 e. The molecule has 1 rings (SSSR count). The summed E-state index contributed by atoms with van der Waals surface area (Å²) in [5.41, 5.74) is 0.955. The van der Waals surface area contributed by atoms with E-state index in [1.807, 2.05) is 30.3 Å². The maximum absolute atomic E-state index is 11.3. The van der Waals surface area contributed by atoms with Crippen LogP contribution in [0, 0.1) is 0 Å². The van der Waals surface area contributed by atoms with Gasteiger partial charge >= 0.3 is 5.97 Å². The minimum absolute atomic E-state index is 0.0971. The minimum Gasteiger partial charge on any atom is -0.460 e. The first-order chi connectivity index (χ1) is 6.97. The van der Waals surface area contributed by atoms with E-state index in [4.69, 9.17) is 4.74 Å². The number of carbonyl (C=O) groups excluding carboxylic acids is 1. The zero-order chi connectivity index (χ0) is 11.3. The molecule has 0 aromatic heterocycles. The monoisotopic (exact) mass is 228 g/mol. The van der Waals surface area contributed by atoms with Crippen molar-refractivity contribution in [2.75, 3.05) is 18.3 Å². The van der Waals surface area contributed by atoms with Crippen molar-refractivity contribution >= 4 is 16.3 Å². The minimum atomic E-state index is -1.80. The standard InChI is InChI=1S/C11H16O3S/c1-15(2,13)9-11(12)14-8-10-6-4-3-5-7-10/h3-7,13H,8-9H2,1-2H3. The molecular weight excluding hydrogens is 212 g/mol. The third-order valence-electron chi connectivity index (χ3n) is 1.71. The number of carbonyl (C=O) groups is 1. The van der Waals surface area contributed by atoms with E-state index >= 15 is 0 Å². The Morgan fingerprint density at radius 1 is 1.33 bits per heavy atom. The van der Waals surface area contributed by atoms with Gasteiger partial charge in [-0.25, -0.2) is 0 Å². The molecule has 1 aromatic rings. The summed E-state index contributed by atoms with van der Waals surface area (Å²) in [6.07, 6.45) is 3.33. The molecule has 4 heteroatoms. The van der Waals surface area contributed by atoms with Crippen LogP contribution in [0.5, 0.6) is 0 Å². The molecule has 0 atom stereocenters. The Morgan fingerprint density at radius 3 is 2.47 bits per heavy atom. The van der Waals surface area contributed by atoms with Gasteiger partial charge in [-0.05, 0) is 18.1 Å². The number of hydrogen-bond acceptors (Lipinski definition) is 3. The van der Waals surface area contributed by atoms with Gasteiger partial charge in [-0.1, -0.05) is 30.3 Å². The second-order valence-corrected chi connectivity index (χ2v) is 7.02. The van der Waals surface area contributed by atoms with Crippen LogP contribution in [0.15, 0.2) is 30.3 Å². The highest BCUT2D eigenvalue weighted by Crippen LogP contribution is 2.33. The van der Waals surface area contributed by atoms with Crippen molar-refractivity contribution in [1.82, 2.24) is 0 Å². The van der Waals surface area contributed by atoms with Crippen molar-refractivity contribution in [2.24, 2.45) is 0 Å². The molecule has 0 unspecified atom stereocenters. The fourth-order valence-corrected chi connectivity index (χ4v) is 1.73. The molecule has 1 aromatic carbocycles. The Hall–Kier alpha value is -1.00. The van der Waals surface area contributed by atoms with E-state index in [9.17, 15) is 9.35 Å². The summed E-state index contributed by atoms with van der Waals surface area (Å²) in [4.78, 5) is 11.3. The molecule has 0 aliphatic heterocycles. The van der Waals surface area contributed by atoms with E-state index in [2.05, 4.69) is 0 Å². The number of esters is 1. The highest BCUT2D eigenvalue weighted by atomic mass is 32.3. The highest BCUT2D eigenvalue weighted by molar-refractivity contribution is 8.28. The molecule has 1 N–H and O–H groups in total. The normalized spacial score (nSPS) is 12.2. The topological polar surface area (TPSA) is 46.5 Å². The molecule has 0 amide bonds. The van der Waals surface area contributed by atoms with E-state index in [1.54, 1.807) is 12.5 Å². The molecule has 0 saturated heterocycles. The van der Waals surface area contributed by atoms with Crippen molar-refractivity contribution in [1.29, 1.82) is 0 Å². The van der Waals surface area contributed by atoms with Gasteiger partial charge in [0, 0.05) is 0 Å². The van der Waals surface area contributed by atoms with Crippen molar-refractivity contribution in [3.63, 3.8) is 0 Å². The number of benzene rings is 1. The molecule has 0 saturated carbocycles. The van der Waals surface area contributed by atoms with Crippen molar-refractivity contribution in [2.45, 2.75) is 6.61 Å². The van der Waals surface area contributed by atoms with Gasteiger partial charge in [-0.3, -0.25) is 4.79 Å². The van der Waals surface area contributed by atoms with Crippen LogP contribution in [0.4, 0.5) is 0 Å². The van der Waals surface area contributed by atoms with E-state index in [-0.39, 0.29) is 18.3 Å². The fraction of sp³-hybridized carbons (Fsp3) is 0.364. The summed E-state index contributed by atoms with van der Waals surface area (Å²) in [7, 11) is -1.80. The lowest BCUT2D eigenvalue weighted by molar-refractivity contribution is -0.141. The molecule has 0 aliphatic carbocycles. The van der Waals surface area contributed by atoms with Crippen LogP contribution in [0.3, 0.4) is 0 Å². The second-order valence-electron chi connectivity index (χ2n) is 3.77. The van der Waals surface area contributed by atoms with Gasteiger partial charge in [0.1, 0.15) is 6.61 Å². The summed E-state index contributed by atoms with van der Waals surface area (Å²) in [6.45, 7) is 0.273. The van der Waals surface area contributed by atoms with Crippen LogP contribution >= 0.6 is 10.3 Å². The summed E-state index contributed by atoms with van der Waals surface area (Å²) < 4.78 is 14.5. The predicted molar refractivity (Wildman–Crippen MR) is 63.2 cm³/mol. The quantitative estimate of drug-likeness (QED) is 0.804. The predicted octanol–water partition coefficient (Wildman–Crippen LogP) is 2.27. The van der Waals surface area contributed by atoms with Crippen LogP contribution in [0.1, 0.15) is 5.56 Å². The first kappa shape index (κ1) is 12.1. The largest absolute Gasteiger partial charge is 0.460 e. The van der Waals surface area contributed by atoms with Gasteiger partial charge in [0.05, 0.1) is 5.75 Å². The highest BCUT2D eigenvalue weighted by Gasteiger charge is 2.13. The molecule has 3 nitrogen and oxygen atoms in total. The molecule has 15 heavy (non-hydrogen) atoms. The van der Waals surface area contributed by atoms with Crippen molar-refractivity contribution < 1.29 is 14.1 Å². The van der Waals surface area contributed by atoms with Gasteiger partial charge in [0.15, 0.2) is 0 Å².